The molecular weight excluding hydrogens is 296 g/mol. The minimum atomic E-state index is 0.238. The number of amides is 1. The number of nitrogens with zero attached hydrogens (tertiary/aromatic N) is 8. The molecule has 0 unspecified atom stereocenters. The zero-order chi connectivity index (χ0) is 15.6. The molecule has 122 valence electrons. The predicted molar refractivity (Wildman–Crippen MR) is 81.7 cm³/mol. The Bertz CT molecular complexity index is 687. The molecule has 0 atom stereocenters. The quantitative estimate of drug-likeness (QED) is 0.778. The van der Waals surface area contributed by atoms with E-state index in [9.17, 15) is 4.79 Å². The van der Waals surface area contributed by atoms with E-state index >= 15 is 0 Å². The second-order valence-corrected chi connectivity index (χ2v) is 6.22. The summed E-state index contributed by atoms with van der Waals surface area (Å²) < 4.78 is 1.52. The van der Waals surface area contributed by atoms with Crippen LogP contribution in [0.5, 0.6) is 0 Å². The van der Waals surface area contributed by atoms with E-state index in [0.717, 1.165) is 39.0 Å². The third-order valence-corrected chi connectivity index (χ3v) is 4.77. The smallest absolute Gasteiger partial charge is 0.290 e. The van der Waals surface area contributed by atoms with Gasteiger partial charge in [0.2, 0.25) is 5.91 Å². The van der Waals surface area contributed by atoms with Crippen LogP contribution in [0.1, 0.15) is 32.1 Å². The highest BCUT2D eigenvalue weighted by atomic mass is 16.2. The first kappa shape index (κ1) is 14.3. The molecule has 1 saturated carbocycles. The van der Waals surface area contributed by atoms with Gasteiger partial charge in [-0.15, -0.1) is 25.5 Å². The molecule has 2 aliphatic rings. The summed E-state index contributed by atoms with van der Waals surface area (Å²) in [6.45, 7) is 2.90. The van der Waals surface area contributed by atoms with E-state index in [-0.39, 0.29) is 5.92 Å². The zero-order valence-corrected chi connectivity index (χ0v) is 13.0. The summed E-state index contributed by atoms with van der Waals surface area (Å²) in [7, 11) is 0. The fourth-order valence-electron chi connectivity index (χ4n) is 3.43. The lowest BCUT2D eigenvalue weighted by atomic mass is 9.88. The summed E-state index contributed by atoms with van der Waals surface area (Å²) in [5, 5.41) is 20.0. The van der Waals surface area contributed by atoms with Crippen molar-refractivity contribution >= 4 is 17.6 Å². The van der Waals surface area contributed by atoms with Crippen LogP contribution in [-0.4, -0.2) is 67.0 Å². The molecule has 2 fully saturated rings. The molecule has 1 aliphatic carbocycles. The Labute approximate surface area is 133 Å². The van der Waals surface area contributed by atoms with Crippen molar-refractivity contribution in [1.29, 1.82) is 0 Å². The lowest BCUT2D eigenvalue weighted by Gasteiger charge is -2.36. The molecule has 1 saturated heterocycles. The Kier molecular flexibility index (Phi) is 3.76. The monoisotopic (exact) mass is 316 g/mol. The minimum Gasteiger partial charge on any atom is -0.339 e. The molecule has 0 spiro atoms. The maximum Gasteiger partial charge on any atom is 0.290 e. The summed E-state index contributed by atoms with van der Waals surface area (Å²) in [4.78, 5) is 16.6. The van der Waals surface area contributed by atoms with Gasteiger partial charge in [0.1, 0.15) is 6.33 Å². The van der Waals surface area contributed by atoms with Gasteiger partial charge < -0.3 is 9.80 Å². The van der Waals surface area contributed by atoms with Crippen LogP contribution in [-0.2, 0) is 4.79 Å². The zero-order valence-electron chi connectivity index (χ0n) is 13.0. The second kappa shape index (κ2) is 6.05. The molecule has 9 heteroatoms. The van der Waals surface area contributed by atoms with Gasteiger partial charge in [0.15, 0.2) is 0 Å². The number of aromatic nitrogens is 6. The standard InChI is InChI=1S/C14H20N8O/c23-12(11-4-2-1-3-5-11)20-6-8-21(9-7-20)14-18-17-13-16-15-10-22(13)19-14/h10-11H,1-9H2. The third-order valence-electron chi connectivity index (χ3n) is 4.77. The summed E-state index contributed by atoms with van der Waals surface area (Å²) >= 11 is 0. The highest BCUT2D eigenvalue weighted by molar-refractivity contribution is 5.79. The fraction of sp³-hybridized carbons (Fsp3) is 0.714. The molecule has 3 heterocycles. The summed E-state index contributed by atoms with van der Waals surface area (Å²) in [5.74, 6) is 1.51. The number of fused-ring (bicyclic) bond motifs is 1. The Balaban J connectivity index is 1.39. The number of anilines is 1. The molecule has 4 rings (SSSR count). The van der Waals surface area contributed by atoms with E-state index in [0.29, 0.717) is 17.6 Å². The van der Waals surface area contributed by atoms with E-state index < -0.39 is 0 Å². The molecule has 0 N–H and O–H groups in total. The molecular formula is C14H20N8O. The van der Waals surface area contributed by atoms with Crippen LogP contribution in [0.15, 0.2) is 6.33 Å². The first-order valence-electron chi connectivity index (χ1n) is 8.26. The van der Waals surface area contributed by atoms with Gasteiger partial charge in [0, 0.05) is 32.1 Å². The molecule has 2 aromatic heterocycles. The molecule has 1 aliphatic heterocycles. The van der Waals surface area contributed by atoms with Gasteiger partial charge >= 0.3 is 0 Å². The van der Waals surface area contributed by atoms with Gasteiger partial charge in [-0.1, -0.05) is 19.3 Å². The first-order valence-corrected chi connectivity index (χ1v) is 8.26. The summed E-state index contributed by atoms with van der Waals surface area (Å²) in [5.41, 5.74) is 0. The summed E-state index contributed by atoms with van der Waals surface area (Å²) in [6.07, 6.45) is 7.26. The average molecular weight is 316 g/mol. The third kappa shape index (κ3) is 2.82. The maximum absolute atomic E-state index is 12.6. The van der Waals surface area contributed by atoms with Gasteiger partial charge in [-0.3, -0.25) is 4.79 Å². The molecule has 9 nitrogen and oxygen atoms in total. The second-order valence-electron chi connectivity index (χ2n) is 6.22. The Morgan fingerprint density at radius 2 is 1.78 bits per heavy atom. The molecule has 0 aromatic carbocycles. The Hall–Kier alpha value is -2.32. The van der Waals surface area contributed by atoms with Crippen molar-refractivity contribution in [2.45, 2.75) is 32.1 Å². The van der Waals surface area contributed by atoms with Crippen molar-refractivity contribution in [3.05, 3.63) is 6.33 Å². The van der Waals surface area contributed by atoms with Gasteiger partial charge in [0.25, 0.3) is 11.7 Å². The van der Waals surface area contributed by atoms with Gasteiger partial charge in [0.05, 0.1) is 0 Å². The van der Waals surface area contributed by atoms with E-state index in [4.69, 9.17) is 0 Å². The number of hydrogen-bond acceptors (Lipinski definition) is 7. The van der Waals surface area contributed by atoms with Crippen molar-refractivity contribution in [3.63, 3.8) is 0 Å². The normalized spacial score (nSPS) is 20.2. The van der Waals surface area contributed by atoms with Crippen molar-refractivity contribution in [2.24, 2.45) is 5.92 Å². The van der Waals surface area contributed by atoms with Gasteiger partial charge in [-0.05, 0) is 12.8 Å². The van der Waals surface area contributed by atoms with Crippen LogP contribution in [0.25, 0.3) is 5.78 Å². The maximum atomic E-state index is 12.6. The number of carbonyl (C=O) groups excluding carboxylic acids is 1. The highest BCUT2D eigenvalue weighted by Gasteiger charge is 2.29. The van der Waals surface area contributed by atoms with Crippen LogP contribution in [0.3, 0.4) is 0 Å². The van der Waals surface area contributed by atoms with Crippen LogP contribution in [0.4, 0.5) is 5.95 Å². The topological polar surface area (TPSA) is 92.4 Å². The fourth-order valence-corrected chi connectivity index (χ4v) is 3.43. The predicted octanol–water partition coefficient (Wildman–Crippen LogP) is 0.143. The molecule has 23 heavy (non-hydrogen) atoms. The lowest BCUT2D eigenvalue weighted by Crippen LogP contribution is -2.51. The number of hydrogen-bond donors (Lipinski definition) is 0. The van der Waals surface area contributed by atoms with Crippen LogP contribution in [0.2, 0.25) is 0 Å². The van der Waals surface area contributed by atoms with Crippen LogP contribution in [0, 0.1) is 5.92 Å². The molecule has 0 radical (unpaired) electrons. The lowest BCUT2D eigenvalue weighted by molar-refractivity contribution is -0.136. The molecule has 2 aromatic rings. The van der Waals surface area contributed by atoms with Crippen LogP contribution >= 0.6 is 0 Å². The summed E-state index contributed by atoms with van der Waals surface area (Å²) in [6, 6.07) is 0. The van der Waals surface area contributed by atoms with Crippen molar-refractivity contribution < 1.29 is 4.79 Å². The van der Waals surface area contributed by atoms with Gasteiger partial charge in [-0.25, -0.2) is 0 Å². The van der Waals surface area contributed by atoms with Crippen molar-refractivity contribution in [2.75, 3.05) is 31.1 Å². The van der Waals surface area contributed by atoms with E-state index in [1.54, 1.807) is 0 Å². The Morgan fingerprint density at radius 3 is 2.57 bits per heavy atom. The SMILES string of the molecule is O=C(C1CCCCC1)N1CCN(c2nnc3nncn3n2)CC1. The highest BCUT2D eigenvalue weighted by Crippen LogP contribution is 2.26. The first-order chi connectivity index (χ1) is 11.3. The number of rotatable bonds is 2. The molecule has 0 bridgehead atoms. The van der Waals surface area contributed by atoms with Crippen LogP contribution < -0.4 is 4.90 Å². The largest absolute Gasteiger partial charge is 0.339 e. The van der Waals surface area contributed by atoms with E-state index in [2.05, 4.69) is 30.4 Å². The van der Waals surface area contributed by atoms with Crippen molar-refractivity contribution in [1.82, 2.24) is 34.9 Å². The van der Waals surface area contributed by atoms with Crippen molar-refractivity contribution in [3.8, 4) is 0 Å². The minimum absolute atomic E-state index is 0.238. The number of piperazine rings is 1. The van der Waals surface area contributed by atoms with E-state index in [1.807, 2.05) is 4.90 Å². The van der Waals surface area contributed by atoms with E-state index in [1.165, 1.54) is 30.1 Å². The average Bonchev–Trinajstić information content (AvgIpc) is 3.10. The van der Waals surface area contributed by atoms with Gasteiger partial charge in [-0.2, -0.15) is 4.52 Å². The Morgan fingerprint density at radius 1 is 1.00 bits per heavy atom. The number of carbonyl (C=O) groups is 1. The molecule has 1 amide bonds.